The summed E-state index contributed by atoms with van der Waals surface area (Å²) < 4.78 is 32.8. The van der Waals surface area contributed by atoms with Crippen LogP contribution in [0.3, 0.4) is 0 Å². The summed E-state index contributed by atoms with van der Waals surface area (Å²) in [5.41, 5.74) is 0. The van der Waals surface area contributed by atoms with Crippen LogP contribution in [0.2, 0.25) is 12.1 Å². The summed E-state index contributed by atoms with van der Waals surface area (Å²) in [7, 11) is 4.55. The zero-order valence-electron chi connectivity index (χ0n) is 19.7. The van der Waals surface area contributed by atoms with Crippen molar-refractivity contribution in [2.45, 2.75) is 24.9 Å². The third-order valence-electron chi connectivity index (χ3n) is 5.35. The average Bonchev–Trinajstić information content (AvgIpc) is 2.78. The maximum absolute atomic E-state index is 9.42. The van der Waals surface area contributed by atoms with Gasteiger partial charge < -0.3 is 36.8 Å². The largest absolute Gasteiger partial charge is 0.500 e. The Morgan fingerprint density at radius 2 is 0.800 bits per heavy atom. The lowest BCUT2D eigenvalue weighted by Crippen LogP contribution is -2.44. The van der Waals surface area contributed by atoms with Gasteiger partial charge in [-0.05, 0) is 25.9 Å². The number of nitrogens with zero attached hydrogens (tertiary/aromatic N) is 2. The Hall–Kier alpha value is 0.0338. The van der Waals surface area contributed by atoms with E-state index in [2.05, 4.69) is 9.80 Å². The van der Waals surface area contributed by atoms with E-state index in [1.54, 1.807) is 42.7 Å². The summed E-state index contributed by atoms with van der Waals surface area (Å²) in [5.74, 6) is 0. The highest BCUT2D eigenvalue weighted by molar-refractivity contribution is 6.60. The van der Waals surface area contributed by atoms with Gasteiger partial charge >= 0.3 is 17.6 Å². The first-order valence-corrected chi connectivity index (χ1v) is 14.3. The van der Waals surface area contributed by atoms with Gasteiger partial charge in [-0.2, -0.15) is 0 Å². The maximum atomic E-state index is 9.42. The Bertz CT molecular complexity index is 352. The molecule has 0 saturated heterocycles. The highest BCUT2D eigenvalue weighted by Gasteiger charge is 2.37. The molecule has 0 aliphatic rings. The minimum atomic E-state index is -2.58. The van der Waals surface area contributed by atoms with Gasteiger partial charge in [0.25, 0.3) is 0 Å². The highest BCUT2D eigenvalue weighted by Crippen LogP contribution is 2.16. The van der Waals surface area contributed by atoms with E-state index in [1.165, 1.54) is 0 Å². The molecule has 0 aromatic rings. The normalized spacial score (nSPS) is 13.0. The van der Waals surface area contributed by atoms with Gasteiger partial charge in [-0.1, -0.05) is 0 Å². The van der Waals surface area contributed by atoms with Gasteiger partial charge in [0.2, 0.25) is 0 Å². The molecule has 0 atom stereocenters. The van der Waals surface area contributed by atoms with Gasteiger partial charge in [-0.15, -0.1) is 0 Å². The van der Waals surface area contributed by atoms with Crippen LogP contribution >= 0.6 is 0 Å². The van der Waals surface area contributed by atoms with E-state index in [1.807, 2.05) is 0 Å². The molecule has 182 valence electrons. The smallest absolute Gasteiger partial charge is 0.395 e. The summed E-state index contributed by atoms with van der Waals surface area (Å²) in [4.78, 5) is 4.42. The predicted octanol–water partition coefficient (Wildman–Crippen LogP) is 0.111. The van der Waals surface area contributed by atoms with Crippen molar-refractivity contribution in [3.63, 3.8) is 0 Å². The number of aliphatic hydroxyl groups excluding tert-OH is 2. The molecule has 0 spiro atoms. The molecule has 0 aliphatic carbocycles. The lowest BCUT2D eigenvalue weighted by atomic mass is 10.3. The first kappa shape index (κ1) is 30.0. The second-order valence-corrected chi connectivity index (χ2v) is 13.1. The van der Waals surface area contributed by atoms with Gasteiger partial charge in [0.05, 0.1) is 13.2 Å². The Balaban J connectivity index is 4.58. The van der Waals surface area contributed by atoms with Crippen LogP contribution in [0.25, 0.3) is 0 Å². The van der Waals surface area contributed by atoms with E-state index in [-0.39, 0.29) is 13.2 Å². The molecule has 0 amide bonds. The van der Waals surface area contributed by atoms with Crippen LogP contribution in [0.4, 0.5) is 0 Å². The second-order valence-electron chi connectivity index (χ2n) is 6.93. The van der Waals surface area contributed by atoms with Crippen molar-refractivity contribution in [3.05, 3.63) is 0 Å². The molecule has 0 heterocycles. The number of aliphatic hydroxyl groups is 2. The van der Waals surface area contributed by atoms with Crippen molar-refractivity contribution in [2.24, 2.45) is 0 Å². The van der Waals surface area contributed by atoms with Gasteiger partial charge in [-0.25, -0.2) is 0 Å². The van der Waals surface area contributed by atoms with Gasteiger partial charge in [-0.3, -0.25) is 9.80 Å². The number of rotatable bonds is 21. The SMILES string of the molecule is CO[Si](CCCN(CCO)CCN(CCO)CCC[Si](OC)(OC)OC)(OC)OC. The second kappa shape index (κ2) is 17.6. The summed E-state index contributed by atoms with van der Waals surface area (Å²) in [6, 6.07) is 1.44. The minimum Gasteiger partial charge on any atom is -0.395 e. The standard InChI is InChI=1S/C18H44N2O8Si2/c1-23-29(24-2,25-3)17-7-9-19(13-15-21)11-12-20(14-16-22)10-8-18-30(26-4,27-5)28-6/h21-22H,7-18H2,1-6H3. The molecule has 0 radical (unpaired) electrons. The topological polar surface area (TPSA) is 102 Å². The van der Waals surface area contributed by atoms with E-state index in [9.17, 15) is 10.2 Å². The maximum Gasteiger partial charge on any atom is 0.500 e. The lowest BCUT2D eigenvalue weighted by molar-refractivity contribution is 0.115. The molecular formula is C18H44N2O8Si2. The molecule has 0 rings (SSSR count). The molecule has 0 unspecified atom stereocenters. The Morgan fingerprint density at radius 3 is 1.03 bits per heavy atom. The summed E-state index contributed by atoms with van der Waals surface area (Å²) in [6.07, 6.45) is 1.71. The summed E-state index contributed by atoms with van der Waals surface area (Å²) in [5, 5.41) is 18.8. The van der Waals surface area contributed by atoms with Crippen molar-refractivity contribution in [3.8, 4) is 0 Å². The van der Waals surface area contributed by atoms with Gasteiger partial charge in [0.1, 0.15) is 0 Å². The van der Waals surface area contributed by atoms with E-state index in [4.69, 9.17) is 26.6 Å². The molecule has 2 N–H and O–H groups in total. The molecule has 0 saturated carbocycles. The van der Waals surface area contributed by atoms with Crippen LogP contribution in [0.1, 0.15) is 12.8 Å². The van der Waals surface area contributed by atoms with Crippen molar-refractivity contribution >= 4 is 17.6 Å². The predicted molar refractivity (Wildman–Crippen MR) is 119 cm³/mol. The quantitative estimate of drug-likeness (QED) is 0.224. The van der Waals surface area contributed by atoms with Crippen LogP contribution in [0, 0.1) is 0 Å². The van der Waals surface area contributed by atoms with Crippen LogP contribution in [0.15, 0.2) is 0 Å². The fourth-order valence-electron chi connectivity index (χ4n) is 3.39. The van der Waals surface area contributed by atoms with Gasteiger partial charge in [0, 0.05) is 80.9 Å². The van der Waals surface area contributed by atoms with Crippen LogP contribution in [-0.2, 0) is 26.6 Å². The summed E-state index contributed by atoms with van der Waals surface area (Å²) >= 11 is 0. The Labute approximate surface area is 184 Å². The monoisotopic (exact) mass is 472 g/mol. The number of hydrogen-bond acceptors (Lipinski definition) is 10. The van der Waals surface area contributed by atoms with E-state index >= 15 is 0 Å². The molecule has 0 aliphatic heterocycles. The molecule has 30 heavy (non-hydrogen) atoms. The van der Waals surface area contributed by atoms with Crippen LogP contribution < -0.4 is 0 Å². The minimum absolute atomic E-state index is 0.102. The van der Waals surface area contributed by atoms with Crippen molar-refractivity contribution in [1.29, 1.82) is 0 Å². The summed E-state index contributed by atoms with van der Waals surface area (Å²) in [6.45, 7) is 4.61. The number of hydrogen-bond donors (Lipinski definition) is 2. The lowest BCUT2D eigenvalue weighted by Gasteiger charge is -2.29. The molecule has 12 heteroatoms. The van der Waals surface area contributed by atoms with Crippen LogP contribution in [-0.4, -0.2) is 133 Å². The third-order valence-corrected chi connectivity index (χ3v) is 11.0. The third kappa shape index (κ3) is 11.1. The van der Waals surface area contributed by atoms with Gasteiger partial charge in [0.15, 0.2) is 0 Å². The van der Waals surface area contributed by atoms with Crippen LogP contribution in [0.5, 0.6) is 0 Å². The molecule has 0 fully saturated rings. The molecule has 0 aromatic heterocycles. The average molecular weight is 473 g/mol. The van der Waals surface area contributed by atoms with E-state index < -0.39 is 17.6 Å². The van der Waals surface area contributed by atoms with Crippen molar-refractivity contribution < 1.29 is 36.8 Å². The zero-order chi connectivity index (χ0) is 22.9. The fourth-order valence-corrected chi connectivity index (χ4v) is 6.79. The molecular weight excluding hydrogens is 428 g/mol. The van der Waals surface area contributed by atoms with Crippen molar-refractivity contribution in [1.82, 2.24) is 9.80 Å². The van der Waals surface area contributed by atoms with E-state index in [0.29, 0.717) is 13.1 Å². The fraction of sp³-hybridized carbons (Fsp3) is 1.00. The highest BCUT2D eigenvalue weighted by atomic mass is 28.4. The molecule has 10 nitrogen and oxygen atoms in total. The first-order valence-electron chi connectivity index (χ1n) is 10.4. The van der Waals surface area contributed by atoms with E-state index in [0.717, 1.165) is 51.1 Å². The molecule has 0 bridgehead atoms. The first-order chi connectivity index (χ1) is 14.4. The van der Waals surface area contributed by atoms with Crippen molar-refractivity contribution in [2.75, 3.05) is 95.1 Å². The Morgan fingerprint density at radius 1 is 0.500 bits per heavy atom. The Kier molecular flexibility index (Phi) is 17.6. The zero-order valence-corrected chi connectivity index (χ0v) is 21.7. The molecule has 0 aromatic carbocycles.